The average Bonchev–Trinajstić information content (AvgIpc) is 2.67. The van der Waals surface area contributed by atoms with Gasteiger partial charge in [0.25, 0.3) is 0 Å². The number of aryl methyl sites for hydroxylation is 1. The minimum atomic E-state index is -3.40. The molecule has 140 valence electrons. The summed E-state index contributed by atoms with van der Waals surface area (Å²) in [4.78, 5) is 2.70. The molecule has 2 aromatic rings. The lowest BCUT2D eigenvalue weighted by atomic mass is 10.1. The van der Waals surface area contributed by atoms with E-state index in [1.54, 1.807) is 29.6 Å². The van der Waals surface area contributed by atoms with Crippen LogP contribution in [0, 0.1) is 6.92 Å². The highest BCUT2D eigenvalue weighted by Crippen LogP contribution is 2.20. The Bertz CT molecular complexity index is 844. The summed E-state index contributed by atoms with van der Waals surface area (Å²) in [6.07, 6.45) is 0.897. The molecule has 26 heavy (non-hydrogen) atoms. The van der Waals surface area contributed by atoms with Crippen LogP contribution in [0.5, 0.6) is 5.75 Å². The molecule has 0 spiro atoms. The zero-order chi connectivity index (χ0) is 18.6. The number of piperazine rings is 1. The molecule has 1 heterocycles. The van der Waals surface area contributed by atoms with E-state index in [1.807, 2.05) is 31.2 Å². The van der Waals surface area contributed by atoms with E-state index in [4.69, 9.17) is 4.74 Å². The highest BCUT2D eigenvalue weighted by molar-refractivity contribution is 7.89. The summed E-state index contributed by atoms with van der Waals surface area (Å²) < 4.78 is 32.6. The van der Waals surface area contributed by atoms with Gasteiger partial charge in [0.2, 0.25) is 10.0 Å². The van der Waals surface area contributed by atoms with Gasteiger partial charge in [-0.25, -0.2) is 8.42 Å². The molecule has 0 aliphatic carbocycles. The fourth-order valence-corrected chi connectivity index (χ4v) is 4.83. The Labute approximate surface area is 156 Å². The van der Waals surface area contributed by atoms with E-state index in [9.17, 15) is 8.42 Å². The summed E-state index contributed by atoms with van der Waals surface area (Å²) in [5.41, 5.74) is 2.14. The number of benzene rings is 2. The van der Waals surface area contributed by atoms with Crippen molar-refractivity contribution in [3.63, 3.8) is 0 Å². The van der Waals surface area contributed by atoms with Crippen molar-refractivity contribution in [3.05, 3.63) is 59.7 Å². The quantitative estimate of drug-likeness (QED) is 0.780. The molecule has 6 heteroatoms. The van der Waals surface area contributed by atoms with Crippen LogP contribution in [-0.4, -0.2) is 57.5 Å². The number of methoxy groups -OCH3 is 1. The molecule has 1 aliphatic rings. The van der Waals surface area contributed by atoms with Gasteiger partial charge in [-0.2, -0.15) is 4.31 Å². The van der Waals surface area contributed by atoms with Crippen LogP contribution in [0.1, 0.15) is 11.1 Å². The lowest BCUT2D eigenvalue weighted by Crippen LogP contribution is -2.49. The van der Waals surface area contributed by atoms with Gasteiger partial charge >= 0.3 is 0 Å². The Kier molecular flexibility index (Phi) is 5.96. The molecule has 0 N–H and O–H groups in total. The molecule has 0 amide bonds. The third-order valence-corrected chi connectivity index (χ3v) is 6.74. The monoisotopic (exact) mass is 374 g/mol. The summed E-state index contributed by atoms with van der Waals surface area (Å²) >= 11 is 0. The molecule has 2 aromatic carbocycles. The summed E-state index contributed by atoms with van der Waals surface area (Å²) in [5.74, 6) is 0.910. The molecule has 1 saturated heterocycles. The van der Waals surface area contributed by atoms with E-state index in [-0.39, 0.29) is 0 Å². The van der Waals surface area contributed by atoms with Gasteiger partial charge in [-0.05, 0) is 42.7 Å². The molecule has 1 aliphatic heterocycles. The second-order valence-electron chi connectivity index (χ2n) is 6.62. The van der Waals surface area contributed by atoms with Gasteiger partial charge in [0, 0.05) is 32.7 Å². The number of hydrogen-bond acceptors (Lipinski definition) is 4. The third-order valence-electron chi connectivity index (χ3n) is 4.85. The van der Waals surface area contributed by atoms with Crippen LogP contribution in [0.25, 0.3) is 0 Å². The van der Waals surface area contributed by atoms with E-state index in [0.717, 1.165) is 37.4 Å². The second kappa shape index (κ2) is 8.20. The van der Waals surface area contributed by atoms with Crippen molar-refractivity contribution in [2.45, 2.75) is 18.2 Å². The average molecular weight is 375 g/mol. The van der Waals surface area contributed by atoms with Gasteiger partial charge in [-0.15, -0.1) is 0 Å². The minimum absolute atomic E-state index is 0.389. The van der Waals surface area contributed by atoms with Gasteiger partial charge in [0.15, 0.2) is 0 Å². The third kappa shape index (κ3) is 4.26. The van der Waals surface area contributed by atoms with Crippen molar-refractivity contribution < 1.29 is 13.2 Å². The molecule has 0 atom stereocenters. The van der Waals surface area contributed by atoms with E-state index >= 15 is 0 Å². The molecular weight excluding hydrogens is 348 g/mol. The number of ether oxygens (including phenoxy) is 1. The molecule has 0 aromatic heterocycles. The van der Waals surface area contributed by atoms with E-state index < -0.39 is 10.0 Å². The van der Waals surface area contributed by atoms with E-state index in [1.165, 1.54) is 5.56 Å². The first kappa shape index (κ1) is 18.9. The maximum atomic E-state index is 12.8. The first-order valence-corrected chi connectivity index (χ1v) is 10.4. The largest absolute Gasteiger partial charge is 0.496 e. The van der Waals surface area contributed by atoms with Crippen molar-refractivity contribution in [1.29, 1.82) is 0 Å². The molecular formula is C20H26N2O3S. The molecule has 0 unspecified atom stereocenters. The highest BCUT2D eigenvalue weighted by atomic mass is 32.2. The van der Waals surface area contributed by atoms with Crippen LogP contribution in [0.2, 0.25) is 0 Å². The van der Waals surface area contributed by atoms with Gasteiger partial charge in [-0.3, -0.25) is 0 Å². The summed E-state index contributed by atoms with van der Waals surface area (Å²) in [5, 5.41) is 0. The number of sulfonamides is 1. The Balaban J connectivity index is 1.57. The summed E-state index contributed by atoms with van der Waals surface area (Å²) in [6.45, 7) is 5.37. The van der Waals surface area contributed by atoms with Crippen molar-refractivity contribution >= 4 is 10.0 Å². The second-order valence-corrected chi connectivity index (χ2v) is 8.56. The van der Waals surface area contributed by atoms with E-state index in [2.05, 4.69) is 11.0 Å². The first-order chi connectivity index (χ1) is 12.5. The summed E-state index contributed by atoms with van der Waals surface area (Å²) in [7, 11) is -1.71. The minimum Gasteiger partial charge on any atom is -0.496 e. The van der Waals surface area contributed by atoms with Crippen molar-refractivity contribution in [2.24, 2.45) is 0 Å². The van der Waals surface area contributed by atoms with Gasteiger partial charge < -0.3 is 9.64 Å². The van der Waals surface area contributed by atoms with Crippen LogP contribution in [0.15, 0.2) is 53.4 Å². The van der Waals surface area contributed by atoms with Crippen molar-refractivity contribution in [3.8, 4) is 5.75 Å². The molecule has 0 saturated carbocycles. The highest BCUT2D eigenvalue weighted by Gasteiger charge is 2.28. The lowest BCUT2D eigenvalue weighted by Gasteiger charge is -2.34. The van der Waals surface area contributed by atoms with Crippen LogP contribution in [0.4, 0.5) is 0 Å². The Morgan fingerprint density at radius 2 is 1.73 bits per heavy atom. The summed E-state index contributed by atoms with van der Waals surface area (Å²) in [6, 6.07) is 15.2. The van der Waals surface area contributed by atoms with Gasteiger partial charge in [0.05, 0.1) is 12.0 Å². The van der Waals surface area contributed by atoms with Gasteiger partial charge in [0.1, 0.15) is 5.75 Å². The molecule has 0 radical (unpaired) electrons. The predicted molar refractivity (Wildman–Crippen MR) is 103 cm³/mol. The smallest absolute Gasteiger partial charge is 0.243 e. The van der Waals surface area contributed by atoms with Crippen LogP contribution < -0.4 is 4.74 Å². The Morgan fingerprint density at radius 1 is 1.00 bits per heavy atom. The fraction of sp³-hybridized carbons (Fsp3) is 0.400. The zero-order valence-electron chi connectivity index (χ0n) is 15.4. The maximum absolute atomic E-state index is 12.8. The van der Waals surface area contributed by atoms with Crippen LogP contribution in [-0.2, 0) is 16.4 Å². The van der Waals surface area contributed by atoms with Crippen molar-refractivity contribution in [2.75, 3.05) is 39.8 Å². The molecule has 1 fully saturated rings. The Morgan fingerprint density at radius 3 is 2.42 bits per heavy atom. The SMILES string of the molecule is COc1ccccc1CCN1CCN(S(=O)(=O)c2cccc(C)c2)CC1. The molecule has 3 rings (SSSR count). The first-order valence-electron chi connectivity index (χ1n) is 8.92. The standard InChI is InChI=1S/C20H26N2O3S/c1-17-6-5-8-19(16-17)26(23,24)22-14-12-21(13-15-22)11-10-18-7-3-4-9-20(18)25-2/h3-9,16H,10-15H2,1-2H3. The zero-order valence-corrected chi connectivity index (χ0v) is 16.2. The topological polar surface area (TPSA) is 49.9 Å². The fourth-order valence-electron chi connectivity index (χ4n) is 3.31. The number of para-hydroxylation sites is 1. The molecule has 0 bridgehead atoms. The molecule has 5 nitrogen and oxygen atoms in total. The number of hydrogen-bond donors (Lipinski definition) is 0. The Hall–Kier alpha value is -1.89. The van der Waals surface area contributed by atoms with E-state index in [0.29, 0.717) is 18.0 Å². The van der Waals surface area contributed by atoms with Crippen molar-refractivity contribution in [1.82, 2.24) is 9.21 Å². The lowest BCUT2D eigenvalue weighted by molar-refractivity contribution is 0.190. The number of rotatable bonds is 6. The van der Waals surface area contributed by atoms with Crippen LogP contribution in [0.3, 0.4) is 0 Å². The normalized spacial score (nSPS) is 16.5. The number of nitrogens with zero attached hydrogens (tertiary/aromatic N) is 2. The van der Waals surface area contributed by atoms with Crippen LogP contribution >= 0.6 is 0 Å². The van der Waals surface area contributed by atoms with Gasteiger partial charge in [-0.1, -0.05) is 30.3 Å². The maximum Gasteiger partial charge on any atom is 0.243 e. The predicted octanol–water partition coefficient (Wildman–Crippen LogP) is 2.55.